The molecule has 2 atom stereocenters. The third-order valence-corrected chi connectivity index (χ3v) is 3.74. The molecule has 114 valence electrons. The van der Waals surface area contributed by atoms with E-state index in [1.165, 1.54) is 6.92 Å². The molecule has 21 heavy (non-hydrogen) atoms. The summed E-state index contributed by atoms with van der Waals surface area (Å²) < 4.78 is 0. The predicted octanol–water partition coefficient (Wildman–Crippen LogP) is 1.16. The van der Waals surface area contributed by atoms with Crippen molar-refractivity contribution in [3.63, 3.8) is 0 Å². The lowest BCUT2D eigenvalue weighted by molar-refractivity contribution is -0.138. The molecular formula is C15H21N3O3. The number of carboxylic acid groups (broad SMARTS) is 1. The van der Waals surface area contributed by atoms with Gasteiger partial charge in [0.2, 0.25) is 0 Å². The minimum Gasteiger partial charge on any atom is -0.480 e. The Morgan fingerprint density at radius 2 is 1.95 bits per heavy atom. The first-order chi connectivity index (χ1) is 9.99. The van der Waals surface area contributed by atoms with Crippen LogP contribution < -0.4 is 5.32 Å². The summed E-state index contributed by atoms with van der Waals surface area (Å²) in [5.41, 5.74) is 1.06. The van der Waals surface area contributed by atoms with Crippen LogP contribution in [0.1, 0.15) is 18.5 Å². The van der Waals surface area contributed by atoms with E-state index in [0.29, 0.717) is 6.54 Å². The Labute approximate surface area is 124 Å². The number of rotatable bonds is 3. The number of carbonyl (C=O) groups is 2. The molecule has 6 nitrogen and oxygen atoms in total. The van der Waals surface area contributed by atoms with E-state index in [-0.39, 0.29) is 12.1 Å². The normalized spacial score (nSPS) is 20.9. The zero-order valence-corrected chi connectivity index (χ0v) is 12.3. The number of urea groups is 1. The van der Waals surface area contributed by atoms with Crippen LogP contribution in [0, 0.1) is 0 Å². The molecule has 1 aromatic rings. The van der Waals surface area contributed by atoms with Crippen molar-refractivity contribution in [3.8, 4) is 0 Å². The number of carboxylic acids is 1. The van der Waals surface area contributed by atoms with Gasteiger partial charge in [0.15, 0.2) is 0 Å². The first-order valence-corrected chi connectivity index (χ1v) is 7.02. The number of amides is 2. The summed E-state index contributed by atoms with van der Waals surface area (Å²) in [6.07, 6.45) is 0. The zero-order valence-electron chi connectivity index (χ0n) is 12.3. The number of hydrogen-bond acceptors (Lipinski definition) is 3. The third-order valence-electron chi connectivity index (χ3n) is 3.74. The van der Waals surface area contributed by atoms with Gasteiger partial charge < -0.3 is 20.2 Å². The van der Waals surface area contributed by atoms with Crippen LogP contribution >= 0.6 is 0 Å². The van der Waals surface area contributed by atoms with Gasteiger partial charge in [-0.25, -0.2) is 4.79 Å². The molecule has 0 spiro atoms. The van der Waals surface area contributed by atoms with Crippen molar-refractivity contribution in [2.75, 3.05) is 26.7 Å². The Kier molecular flexibility index (Phi) is 4.80. The second kappa shape index (κ2) is 6.58. The van der Waals surface area contributed by atoms with Gasteiger partial charge in [0.05, 0.1) is 6.04 Å². The van der Waals surface area contributed by atoms with Crippen molar-refractivity contribution >= 4 is 12.0 Å². The molecule has 0 bridgehead atoms. The molecule has 2 N–H and O–H groups in total. The van der Waals surface area contributed by atoms with Gasteiger partial charge >= 0.3 is 12.0 Å². The van der Waals surface area contributed by atoms with Crippen LogP contribution in [-0.4, -0.2) is 59.6 Å². The highest BCUT2D eigenvalue weighted by atomic mass is 16.4. The van der Waals surface area contributed by atoms with E-state index >= 15 is 0 Å². The van der Waals surface area contributed by atoms with Crippen molar-refractivity contribution < 1.29 is 14.7 Å². The maximum atomic E-state index is 12.3. The summed E-state index contributed by atoms with van der Waals surface area (Å²) in [6.45, 7) is 3.55. The molecule has 2 unspecified atom stereocenters. The first kappa shape index (κ1) is 15.3. The van der Waals surface area contributed by atoms with E-state index in [1.807, 2.05) is 37.4 Å². The second-order valence-electron chi connectivity index (χ2n) is 5.39. The lowest BCUT2D eigenvalue weighted by Crippen LogP contribution is -2.54. The van der Waals surface area contributed by atoms with Crippen molar-refractivity contribution in [2.24, 2.45) is 0 Å². The fraction of sp³-hybridized carbons (Fsp3) is 0.467. The molecule has 2 rings (SSSR count). The van der Waals surface area contributed by atoms with E-state index in [1.54, 1.807) is 4.90 Å². The summed E-state index contributed by atoms with van der Waals surface area (Å²) in [5, 5.41) is 11.4. The molecule has 1 saturated heterocycles. The summed E-state index contributed by atoms with van der Waals surface area (Å²) in [7, 11) is 2.02. The molecule has 0 radical (unpaired) electrons. The van der Waals surface area contributed by atoms with Gasteiger partial charge in [0.1, 0.15) is 6.04 Å². The molecule has 1 aromatic carbocycles. The Hall–Kier alpha value is -2.08. The highest BCUT2D eigenvalue weighted by Crippen LogP contribution is 2.24. The maximum absolute atomic E-state index is 12.3. The van der Waals surface area contributed by atoms with Crippen molar-refractivity contribution in [1.29, 1.82) is 0 Å². The van der Waals surface area contributed by atoms with Crippen LogP contribution in [-0.2, 0) is 4.79 Å². The highest BCUT2D eigenvalue weighted by Gasteiger charge is 2.31. The van der Waals surface area contributed by atoms with Gasteiger partial charge in [-0.05, 0) is 19.5 Å². The summed E-state index contributed by atoms with van der Waals surface area (Å²) in [5.74, 6) is -1.03. The predicted molar refractivity (Wildman–Crippen MR) is 79.0 cm³/mol. The maximum Gasteiger partial charge on any atom is 0.325 e. The van der Waals surface area contributed by atoms with E-state index in [9.17, 15) is 9.59 Å². The summed E-state index contributed by atoms with van der Waals surface area (Å²) in [4.78, 5) is 27.1. The Morgan fingerprint density at radius 1 is 1.29 bits per heavy atom. The van der Waals surface area contributed by atoms with Crippen LogP contribution in [0.5, 0.6) is 0 Å². The minimum atomic E-state index is -1.03. The van der Waals surface area contributed by atoms with Gasteiger partial charge in [-0.1, -0.05) is 30.3 Å². The van der Waals surface area contributed by atoms with Gasteiger partial charge in [0, 0.05) is 19.6 Å². The molecule has 1 aliphatic rings. The monoisotopic (exact) mass is 291 g/mol. The van der Waals surface area contributed by atoms with Crippen LogP contribution in [0.15, 0.2) is 30.3 Å². The third kappa shape index (κ3) is 3.72. The number of hydrogen-bond donors (Lipinski definition) is 2. The Balaban J connectivity index is 2.15. The molecule has 0 aromatic heterocycles. The fourth-order valence-corrected chi connectivity index (χ4v) is 2.45. The number of benzene rings is 1. The Morgan fingerprint density at radius 3 is 2.57 bits per heavy atom. The largest absolute Gasteiger partial charge is 0.480 e. The van der Waals surface area contributed by atoms with Crippen molar-refractivity contribution in [1.82, 2.24) is 15.1 Å². The molecule has 6 heteroatoms. The number of piperazine rings is 1. The Bertz CT molecular complexity index is 506. The molecule has 2 amide bonds. The minimum absolute atomic E-state index is 0.0639. The SMILES string of the molecule is CC(NC(=O)N1CCN(C)CC1c1ccccc1)C(=O)O. The van der Waals surface area contributed by atoms with Gasteiger partial charge in [-0.2, -0.15) is 0 Å². The van der Waals surface area contributed by atoms with E-state index in [0.717, 1.165) is 18.7 Å². The topological polar surface area (TPSA) is 72.9 Å². The quantitative estimate of drug-likeness (QED) is 0.876. The van der Waals surface area contributed by atoms with Crippen LogP contribution in [0.25, 0.3) is 0 Å². The lowest BCUT2D eigenvalue weighted by atomic mass is 10.0. The molecular weight excluding hydrogens is 270 g/mol. The summed E-state index contributed by atoms with van der Waals surface area (Å²) in [6, 6.07) is 8.52. The summed E-state index contributed by atoms with van der Waals surface area (Å²) >= 11 is 0. The average molecular weight is 291 g/mol. The molecule has 0 aliphatic carbocycles. The fourth-order valence-electron chi connectivity index (χ4n) is 2.45. The van der Waals surface area contributed by atoms with Crippen molar-refractivity contribution in [2.45, 2.75) is 19.0 Å². The highest BCUT2D eigenvalue weighted by molar-refractivity contribution is 5.82. The number of nitrogens with one attached hydrogen (secondary N) is 1. The van der Waals surface area contributed by atoms with Gasteiger partial charge in [-0.3, -0.25) is 4.79 Å². The van der Waals surface area contributed by atoms with Gasteiger partial charge in [0.25, 0.3) is 0 Å². The van der Waals surface area contributed by atoms with Crippen LogP contribution in [0.4, 0.5) is 4.79 Å². The van der Waals surface area contributed by atoms with E-state index in [2.05, 4.69) is 10.2 Å². The molecule has 1 heterocycles. The van der Waals surface area contributed by atoms with Crippen molar-refractivity contribution in [3.05, 3.63) is 35.9 Å². The zero-order chi connectivity index (χ0) is 15.4. The van der Waals surface area contributed by atoms with Crippen LogP contribution in [0.2, 0.25) is 0 Å². The standard InChI is InChI=1S/C15H21N3O3/c1-11(14(19)20)16-15(21)18-9-8-17(2)10-13(18)12-6-4-3-5-7-12/h3-7,11,13H,8-10H2,1-2H3,(H,16,21)(H,19,20). The number of nitrogens with zero attached hydrogens (tertiary/aromatic N) is 2. The first-order valence-electron chi connectivity index (χ1n) is 7.02. The second-order valence-corrected chi connectivity index (χ2v) is 5.39. The number of carbonyl (C=O) groups excluding carboxylic acids is 1. The smallest absolute Gasteiger partial charge is 0.325 e. The van der Waals surface area contributed by atoms with Gasteiger partial charge in [-0.15, -0.1) is 0 Å². The molecule has 1 fully saturated rings. The average Bonchev–Trinajstić information content (AvgIpc) is 2.47. The number of likely N-dealkylation sites (N-methyl/N-ethyl adjacent to an activating group) is 1. The molecule has 0 saturated carbocycles. The molecule has 1 aliphatic heterocycles. The van der Waals surface area contributed by atoms with Crippen LogP contribution in [0.3, 0.4) is 0 Å². The van der Waals surface area contributed by atoms with E-state index in [4.69, 9.17) is 5.11 Å². The van der Waals surface area contributed by atoms with E-state index < -0.39 is 12.0 Å². The lowest BCUT2D eigenvalue weighted by Gasteiger charge is -2.40. The number of aliphatic carboxylic acids is 1.